The number of aryl methyl sites for hydroxylation is 2. The van der Waals surface area contributed by atoms with E-state index in [9.17, 15) is 0 Å². The molecule has 1 aromatic carbocycles. The molecule has 2 heteroatoms. The summed E-state index contributed by atoms with van der Waals surface area (Å²) in [6.45, 7) is 16.0. The maximum Gasteiger partial charge on any atom is 0.120 e. The normalized spacial score (nSPS) is 11.4. The number of hydrogen-bond donors (Lipinski definition) is 1. The van der Waals surface area contributed by atoms with Gasteiger partial charge < -0.3 is 10.1 Å². The summed E-state index contributed by atoms with van der Waals surface area (Å²) in [6, 6.07) is 6.16. The quantitative estimate of drug-likeness (QED) is 0.802. The van der Waals surface area contributed by atoms with Crippen molar-refractivity contribution in [3.63, 3.8) is 0 Å². The molecule has 0 aliphatic rings. The topological polar surface area (TPSA) is 21.3 Å². The third-order valence-electron chi connectivity index (χ3n) is 2.79. The Labute approximate surface area is 111 Å². The lowest BCUT2D eigenvalue weighted by Gasteiger charge is -2.21. The fraction of sp³-hybridized carbons (Fsp3) is 0.500. The molecule has 0 atom stereocenters. The van der Waals surface area contributed by atoms with Crippen LogP contribution in [0.3, 0.4) is 0 Å². The lowest BCUT2D eigenvalue weighted by molar-refractivity contribution is 0.341. The van der Waals surface area contributed by atoms with Crippen molar-refractivity contribution < 1.29 is 4.74 Å². The van der Waals surface area contributed by atoms with Crippen molar-refractivity contribution in [1.29, 1.82) is 0 Å². The molecule has 0 unspecified atom stereocenters. The van der Waals surface area contributed by atoms with Crippen molar-refractivity contribution in [3.8, 4) is 5.75 Å². The molecule has 0 amide bonds. The molecular weight excluding hydrogens is 222 g/mol. The van der Waals surface area contributed by atoms with Gasteiger partial charge in [0.05, 0.1) is 0 Å². The van der Waals surface area contributed by atoms with Crippen LogP contribution in [0.2, 0.25) is 0 Å². The van der Waals surface area contributed by atoms with Gasteiger partial charge in [-0.3, -0.25) is 0 Å². The van der Waals surface area contributed by atoms with E-state index < -0.39 is 0 Å². The van der Waals surface area contributed by atoms with E-state index >= 15 is 0 Å². The molecule has 0 aromatic heterocycles. The zero-order valence-electron chi connectivity index (χ0n) is 12.3. The summed E-state index contributed by atoms with van der Waals surface area (Å²) in [7, 11) is 0. The molecule has 0 fully saturated rings. The van der Waals surface area contributed by atoms with Crippen LogP contribution in [0.4, 0.5) is 0 Å². The second kappa shape index (κ2) is 6.05. The smallest absolute Gasteiger partial charge is 0.120 e. The van der Waals surface area contributed by atoms with Crippen molar-refractivity contribution in [2.75, 3.05) is 13.2 Å². The second-order valence-electron chi connectivity index (χ2n) is 5.89. The first kappa shape index (κ1) is 14.8. The second-order valence-corrected chi connectivity index (χ2v) is 5.89. The van der Waals surface area contributed by atoms with Gasteiger partial charge in [-0.2, -0.15) is 0 Å². The van der Waals surface area contributed by atoms with Gasteiger partial charge in [-0.25, -0.2) is 0 Å². The highest BCUT2D eigenvalue weighted by Crippen LogP contribution is 2.16. The fourth-order valence-electron chi connectivity index (χ4n) is 1.43. The predicted octanol–water partition coefficient (Wildman–Crippen LogP) is 3.63. The van der Waals surface area contributed by atoms with Crippen LogP contribution in [0.5, 0.6) is 5.75 Å². The highest BCUT2D eigenvalue weighted by Gasteiger charge is 2.08. The van der Waals surface area contributed by atoms with Crippen LogP contribution in [0.25, 0.3) is 0 Å². The fourth-order valence-corrected chi connectivity index (χ4v) is 1.43. The van der Waals surface area contributed by atoms with Crippen LogP contribution in [0.15, 0.2) is 30.4 Å². The zero-order chi connectivity index (χ0) is 13.8. The molecule has 1 N–H and O–H groups in total. The average molecular weight is 247 g/mol. The van der Waals surface area contributed by atoms with E-state index in [1.807, 2.05) is 6.07 Å². The minimum Gasteiger partial charge on any atom is -0.489 e. The number of benzene rings is 1. The molecule has 1 rings (SSSR count). The first-order chi connectivity index (χ1) is 8.28. The van der Waals surface area contributed by atoms with Gasteiger partial charge in [0, 0.05) is 12.1 Å². The van der Waals surface area contributed by atoms with E-state index in [1.165, 1.54) is 11.1 Å². The van der Waals surface area contributed by atoms with E-state index in [4.69, 9.17) is 4.74 Å². The summed E-state index contributed by atoms with van der Waals surface area (Å²) in [4.78, 5) is 0. The lowest BCUT2D eigenvalue weighted by atomic mass is 10.1. The molecule has 0 heterocycles. The molecule has 0 saturated carbocycles. The molecule has 2 nitrogen and oxygen atoms in total. The van der Waals surface area contributed by atoms with E-state index in [0.717, 1.165) is 17.9 Å². The van der Waals surface area contributed by atoms with Crippen molar-refractivity contribution in [1.82, 2.24) is 5.32 Å². The van der Waals surface area contributed by atoms with E-state index in [-0.39, 0.29) is 5.54 Å². The zero-order valence-corrected chi connectivity index (χ0v) is 12.3. The average Bonchev–Trinajstić information content (AvgIpc) is 2.27. The maximum absolute atomic E-state index is 5.73. The van der Waals surface area contributed by atoms with E-state index in [0.29, 0.717) is 6.61 Å². The summed E-state index contributed by atoms with van der Waals surface area (Å²) in [5.74, 6) is 0.912. The van der Waals surface area contributed by atoms with Gasteiger partial charge >= 0.3 is 0 Å². The molecule has 0 saturated heterocycles. The Morgan fingerprint density at radius 1 is 1.22 bits per heavy atom. The van der Waals surface area contributed by atoms with Crippen molar-refractivity contribution in [3.05, 3.63) is 41.5 Å². The highest BCUT2D eigenvalue weighted by molar-refractivity contribution is 5.34. The largest absolute Gasteiger partial charge is 0.489 e. The van der Waals surface area contributed by atoms with Gasteiger partial charge in [-0.15, -0.1) is 0 Å². The molecule has 0 aliphatic carbocycles. The van der Waals surface area contributed by atoms with Crippen LogP contribution in [0, 0.1) is 13.8 Å². The maximum atomic E-state index is 5.73. The van der Waals surface area contributed by atoms with Gasteiger partial charge in [0.1, 0.15) is 12.4 Å². The Kier molecular flexibility index (Phi) is 4.97. The van der Waals surface area contributed by atoms with Crippen LogP contribution in [-0.4, -0.2) is 18.7 Å². The third kappa shape index (κ3) is 5.37. The number of ether oxygens (including phenoxy) is 1. The van der Waals surface area contributed by atoms with E-state index in [2.05, 4.69) is 58.6 Å². The monoisotopic (exact) mass is 247 g/mol. The molecule has 18 heavy (non-hydrogen) atoms. The summed E-state index contributed by atoms with van der Waals surface area (Å²) >= 11 is 0. The van der Waals surface area contributed by atoms with Crippen LogP contribution >= 0.6 is 0 Å². The van der Waals surface area contributed by atoms with Crippen LogP contribution < -0.4 is 10.1 Å². The Balaban J connectivity index is 2.40. The standard InChI is InChI=1S/C16H25NO/c1-12(10-17-16(4,5)6)11-18-15-8-7-13(2)14(3)9-15/h7-9,17H,1,10-11H2,2-6H3. The molecule has 0 bridgehead atoms. The van der Waals surface area contributed by atoms with Crippen molar-refractivity contribution >= 4 is 0 Å². The van der Waals surface area contributed by atoms with Gasteiger partial charge in [0.15, 0.2) is 0 Å². The SMILES string of the molecule is C=C(CNC(C)(C)C)COc1ccc(C)c(C)c1. The first-order valence-corrected chi connectivity index (χ1v) is 6.40. The van der Waals surface area contributed by atoms with E-state index in [1.54, 1.807) is 0 Å². The van der Waals surface area contributed by atoms with Gasteiger partial charge in [-0.1, -0.05) is 12.6 Å². The Hall–Kier alpha value is -1.28. The minimum absolute atomic E-state index is 0.114. The van der Waals surface area contributed by atoms with Crippen molar-refractivity contribution in [2.45, 2.75) is 40.2 Å². The number of hydrogen-bond acceptors (Lipinski definition) is 2. The van der Waals surface area contributed by atoms with Crippen LogP contribution in [-0.2, 0) is 0 Å². The Morgan fingerprint density at radius 2 is 1.89 bits per heavy atom. The summed E-state index contributed by atoms with van der Waals surface area (Å²) in [5.41, 5.74) is 3.72. The Bertz CT molecular complexity index is 416. The lowest BCUT2D eigenvalue weighted by Crippen LogP contribution is -2.37. The van der Waals surface area contributed by atoms with Crippen LogP contribution in [0.1, 0.15) is 31.9 Å². The predicted molar refractivity (Wildman–Crippen MR) is 78.3 cm³/mol. The number of nitrogens with one attached hydrogen (secondary N) is 1. The minimum atomic E-state index is 0.114. The third-order valence-corrected chi connectivity index (χ3v) is 2.79. The highest BCUT2D eigenvalue weighted by atomic mass is 16.5. The summed E-state index contributed by atoms with van der Waals surface area (Å²) < 4.78 is 5.73. The molecule has 0 spiro atoms. The molecular formula is C16H25NO. The number of rotatable bonds is 5. The van der Waals surface area contributed by atoms with Gasteiger partial charge in [-0.05, 0) is 63.5 Å². The molecule has 0 aliphatic heterocycles. The molecule has 0 radical (unpaired) electrons. The van der Waals surface area contributed by atoms with Gasteiger partial charge in [0.2, 0.25) is 0 Å². The molecule has 100 valence electrons. The van der Waals surface area contributed by atoms with Gasteiger partial charge in [0.25, 0.3) is 0 Å². The van der Waals surface area contributed by atoms with Crippen molar-refractivity contribution in [2.24, 2.45) is 0 Å². The summed E-state index contributed by atoms with van der Waals surface area (Å²) in [5, 5.41) is 3.40. The molecule has 1 aromatic rings. The first-order valence-electron chi connectivity index (χ1n) is 6.40. The Morgan fingerprint density at radius 3 is 2.44 bits per heavy atom. The summed E-state index contributed by atoms with van der Waals surface area (Å²) in [6.07, 6.45) is 0.